The normalized spacial score (nSPS) is 20.7. The molecule has 0 aromatic heterocycles. The summed E-state index contributed by atoms with van der Waals surface area (Å²) >= 11 is 0. The Balaban J connectivity index is 2.25. The van der Waals surface area contributed by atoms with Gasteiger partial charge in [0.1, 0.15) is 0 Å². The largest absolute Gasteiger partial charge is 0.381 e. The minimum atomic E-state index is -4.49. The van der Waals surface area contributed by atoms with Crippen molar-refractivity contribution < 1.29 is 21.8 Å². The fourth-order valence-corrected chi connectivity index (χ4v) is 2.85. The highest BCUT2D eigenvalue weighted by Gasteiger charge is 2.32. The summed E-state index contributed by atoms with van der Waals surface area (Å²) in [5.74, 6) is -1.06. The van der Waals surface area contributed by atoms with Gasteiger partial charge < -0.3 is 9.64 Å². The second-order valence-electron chi connectivity index (χ2n) is 4.58. The Hall–Kier alpha value is -0.690. The lowest BCUT2D eigenvalue weighted by Gasteiger charge is -2.16. The highest BCUT2D eigenvalue weighted by molar-refractivity contribution is 7.86. The first-order chi connectivity index (χ1) is 8.42. The van der Waals surface area contributed by atoms with Gasteiger partial charge in [-0.15, -0.1) is 3.89 Å². The van der Waals surface area contributed by atoms with E-state index in [1.54, 1.807) is 4.90 Å². The van der Waals surface area contributed by atoms with E-state index in [0.29, 0.717) is 26.3 Å². The molecule has 1 amide bonds. The van der Waals surface area contributed by atoms with Gasteiger partial charge in [0.2, 0.25) is 5.91 Å². The molecule has 106 valence electrons. The van der Waals surface area contributed by atoms with Crippen LogP contribution >= 0.6 is 0 Å². The molecule has 7 heteroatoms. The maximum atomic E-state index is 12.5. The summed E-state index contributed by atoms with van der Waals surface area (Å²) in [5, 5.41) is 0. The Morgan fingerprint density at radius 2 is 2.17 bits per heavy atom. The zero-order valence-electron chi connectivity index (χ0n) is 10.6. The molecule has 0 aromatic rings. The van der Waals surface area contributed by atoms with E-state index >= 15 is 0 Å². The minimum Gasteiger partial charge on any atom is -0.381 e. The van der Waals surface area contributed by atoms with E-state index < -0.39 is 21.9 Å². The van der Waals surface area contributed by atoms with E-state index in [-0.39, 0.29) is 12.3 Å². The highest BCUT2D eigenvalue weighted by Crippen LogP contribution is 2.20. The van der Waals surface area contributed by atoms with Crippen LogP contribution in [0.2, 0.25) is 0 Å². The molecule has 1 aliphatic rings. The predicted molar refractivity (Wildman–Crippen MR) is 65.3 cm³/mol. The lowest BCUT2D eigenvalue weighted by Crippen LogP contribution is -2.27. The molecule has 0 bridgehead atoms. The van der Waals surface area contributed by atoms with Crippen LogP contribution in [0, 0.1) is 5.92 Å². The molecule has 0 aromatic carbocycles. The molecule has 18 heavy (non-hydrogen) atoms. The Labute approximate surface area is 108 Å². The SMILES string of the molecule is CCCOCCCN1CC(CS(=O)(=O)F)CC1=O. The standard InChI is InChI=1S/C11H20FNO4S/c1-2-5-17-6-3-4-13-8-10(7-11(13)14)9-18(12,15)16/h10H,2-9H2,1H3. The summed E-state index contributed by atoms with van der Waals surface area (Å²) in [4.78, 5) is 13.1. The second-order valence-corrected chi connectivity index (χ2v) is 5.99. The van der Waals surface area contributed by atoms with Gasteiger partial charge in [0.05, 0.1) is 5.75 Å². The molecule has 0 saturated carbocycles. The fraction of sp³-hybridized carbons (Fsp3) is 0.909. The molecule has 1 heterocycles. The first-order valence-corrected chi connectivity index (χ1v) is 7.75. The molecular formula is C11H20FNO4S. The summed E-state index contributed by atoms with van der Waals surface area (Å²) in [5.41, 5.74) is 0. The van der Waals surface area contributed by atoms with Crippen LogP contribution in [0.4, 0.5) is 3.89 Å². The maximum Gasteiger partial charge on any atom is 0.302 e. The molecule has 0 aliphatic carbocycles. The van der Waals surface area contributed by atoms with Crippen LogP contribution in [0.15, 0.2) is 0 Å². The summed E-state index contributed by atoms with van der Waals surface area (Å²) in [7, 11) is -4.49. The van der Waals surface area contributed by atoms with E-state index in [4.69, 9.17) is 4.74 Å². The van der Waals surface area contributed by atoms with Crippen LogP contribution < -0.4 is 0 Å². The molecule has 1 rings (SSSR count). The lowest BCUT2D eigenvalue weighted by molar-refractivity contribution is -0.127. The van der Waals surface area contributed by atoms with Crippen LogP contribution in [0.5, 0.6) is 0 Å². The van der Waals surface area contributed by atoms with Gasteiger partial charge in [0.15, 0.2) is 0 Å². The maximum absolute atomic E-state index is 12.5. The second kappa shape index (κ2) is 7.04. The molecule has 1 unspecified atom stereocenters. The van der Waals surface area contributed by atoms with E-state index in [1.807, 2.05) is 6.92 Å². The topological polar surface area (TPSA) is 63.7 Å². The van der Waals surface area contributed by atoms with Crippen molar-refractivity contribution in [3.63, 3.8) is 0 Å². The minimum absolute atomic E-state index is 0.0980. The molecule has 0 spiro atoms. The van der Waals surface area contributed by atoms with Gasteiger partial charge in [-0.3, -0.25) is 4.79 Å². The zero-order valence-corrected chi connectivity index (χ0v) is 11.4. The van der Waals surface area contributed by atoms with Crippen molar-refractivity contribution in [3.8, 4) is 0 Å². The molecular weight excluding hydrogens is 261 g/mol. The van der Waals surface area contributed by atoms with Crippen molar-refractivity contribution in [1.82, 2.24) is 4.90 Å². The van der Waals surface area contributed by atoms with Gasteiger partial charge in [-0.25, -0.2) is 0 Å². The highest BCUT2D eigenvalue weighted by atomic mass is 32.3. The molecule has 1 atom stereocenters. The van der Waals surface area contributed by atoms with Gasteiger partial charge in [0.25, 0.3) is 0 Å². The fourth-order valence-electron chi connectivity index (χ4n) is 2.07. The van der Waals surface area contributed by atoms with E-state index in [1.165, 1.54) is 0 Å². The van der Waals surface area contributed by atoms with Gasteiger partial charge in [0, 0.05) is 38.6 Å². The van der Waals surface area contributed by atoms with E-state index in [2.05, 4.69) is 0 Å². The molecule has 1 aliphatic heterocycles. The van der Waals surface area contributed by atoms with Crippen LogP contribution in [0.1, 0.15) is 26.2 Å². The lowest BCUT2D eigenvalue weighted by atomic mass is 10.1. The number of hydrogen-bond acceptors (Lipinski definition) is 4. The first-order valence-electron chi connectivity index (χ1n) is 6.20. The van der Waals surface area contributed by atoms with Crippen LogP contribution in [0.3, 0.4) is 0 Å². The van der Waals surface area contributed by atoms with Gasteiger partial charge in [-0.2, -0.15) is 8.42 Å². The summed E-state index contributed by atoms with van der Waals surface area (Å²) in [6.45, 7) is 4.19. The smallest absolute Gasteiger partial charge is 0.302 e. The first kappa shape index (κ1) is 15.4. The van der Waals surface area contributed by atoms with Gasteiger partial charge in [-0.05, 0) is 12.8 Å². The number of carbonyl (C=O) groups is 1. The summed E-state index contributed by atoms with van der Waals surface area (Å²) < 4.78 is 38.8. The van der Waals surface area contributed by atoms with Crippen molar-refractivity contribution in [2.24, 2.45) is 5.92 Å². The molecule has 0 radical (unpaired) electrons. The third-order valence-corrected chi connectivity index (χ3v) is 3.66. The number of amides is 1. The number of halogens is 1. The Morgan fingerprint density at radius 1 is 1.44 bits per heavy atom. The molecule has 0 N–H and O–H groups in total. The quantitative estimate of drug-likeness (QED) is 0.491. The van der Waals surface area contributed by atoms with Crippen molar-refractivity contribution in [3.05, 3.63) is 0 Å². The van der Waals surface area contributed by atoms with Crippen molar-refractivity contribution >= 4 is 16.1 Å². The summed E-state index contributed by atoms with van der Waals surface area (Å²) in [6.07, 6.45) is 1.80. The van der Waals surface area contributed by atoms with Crippen molar-refractivity contribution in [1.29, 1.82) is 0 Å². The van der Waals surface area contributed by atoms with Crippen molar-refractivity contribution in [2.45, 2.75) is 26.2 Å². The molecule has 1 fully saturated rings. The average molecular weight is 281 g/mol. The number of hydrogen-bond donors (Lipinski definition) is 0. The van der Waals surface area contributed by atoms with Crippen molar-refractivity contribution in [2.75, 3.05) is 32.1 Å². The Bertz CT molecular complexity index is 371. The number of nitrogens with zero attached hydrogens (tertiary/aromatic N) is 1. The van der Waals surface area contributed by atoms with Crippen LogP contribution in [-0.4, -0.2) is 51.3 Å². The third-order valence-electron chi connectivity index (χ3n) is 2.79. The van der Waals surface area contributed by atoms with Gasteiger partial charge >= 0.3 is 10.2 Å². The third kappa shape index (κ3) is 5.77. The van der Waals surface area contributed by atoms with Crippen LogP contribution in [0.25, 0.3) is 0 Å². The van der Waals surface area contributed by atoms with E-state index in [0.717, 1.165) is 12.8 Å². The molecule has 1 saturated heterocycles. The Morgan fingerprint density at radius 3 is 2.78 bits per heavy atom. The van der Waals surface area contributed by atoms with Gasteiger partial charge in [-0.1, -0.05) is 6.92 Å². The molecule has 5 nitrogen and oxygen atoms in total. The van der Waals surface area contributed by atoms with Crippen LogP contribution in [-0.2, 0) is 19.8 Å². The summed E-state index contributed by atoms with van der Waals surface area (Å²) in [6, 6.07) is 0. The number of rotatable bonds is 8. The average Bonchev–Trinajstić information content (AvgIpc) is 2.56. The van der Waals surface area contributed by atoms with E-state index in [9.17, 15) is 17.1 Å². The number of likely N-dealkylation sites (tertiary alicyclic amines) is 1. The number of ether oxygens (including phenoxy) is 1. The Kier molecular flexibility index (Phi) is 6.01. The monoisotopic (exact) mass is 281 g/mol. The number of carbonyl (C=O) groups excluding carboxylic acids is 1. The predicted octanol–water partition coefficient (Wildman–Crippen LogP) is 0.951. The zero-order chi connectivity index (χ0) is 13.6.